The van der Waals surface area contributed by atoms with Gasteiger partial charge < -0.3 is 18.9 Å². The Hall–Kier alpha value is -1.62. The lowest BCUT2D eigenvalue weighted by atomic mass is 10.2. The molecule has 0 bridgehead atoms. The predicted octanol–water partition coefficient (Wildman–Crippen LogP) is 4.78. The third-order valence-corrected chi connectivity index (χ3v) is 3.73. The maximum absolute atomic E-state index is 6.01. The molecule has 0 saturated carbocycles. The van der Waals surface area contributed by atoms with Gasteiger partial charge in [-0.2, -0.15) is 0 Å². The molecule has 0 amide bonds. The first-order valence-electron chi connectivity index (χ1n) is 7.53. The fourth-order valence-corrected chi connectivity index (χ4v) is 2.34. The molecule has 2 rings (SSSR count). The number of aryl methyl sites for hydroxylation is 1. The van der Waals surface area contributed by atoms with Crippen LogP contribution in [0.15, 0.2) is 36.4 Å². The molecule has 130 valence electrons. The molecule has 0 aromatic heterocycles. The molecule has 6 heteroatoms. The van der Waals surface area contributed by atoms with Crippen LogP contribution in [0.2, 0.25) is 10.0 Å². The average molecular weight is 371 g/mol. The minimum atomic E-state index is 0.383. The van der Waals surface area contributed by atoms with Crippen molar-refractivity contribution in [1.29, 1.82) is 0 Å². The van der Waals surface area contributed by atoms with Gasteiger partial charge in [-0.3, -0.25) is 0 Å². The van der Waals surface area contributed by atoms with Crippen molar-refractivity contribution in [3.8, 4) is 17.2 Å². The van der Waals surface area contributed by atoms with E-state index in [-0.39, 0.29) is 0 Å². The first kappa shape index (κ1) is 18.7. The monoisotopic (exact) mass is 370 g/mol. The van der Waals surface area contributed by atoms with Crippen molar-refractivity contribution in [2.24, 2.45) is 0 Å². The Kier molecular flexibility index (Phi) is 7.50. The number of ether oxygens (including phenoxy) is 4. The van der Waals surface area contributed by atoms with Crippen molar-refractivity contribution in [1.82, 2.24) is 0 Å². The van der Waals surface area contributed by atoms with Crippen molar-refractivity contribution in [3.63, 3.8) is 0 Å². The van der Waals surface area contributed by atoms with E-state index >= 15 is 0 Å². The quantitative estimate of drug-likeness (QED) is 0.595. The molecule has 0 saturated heterocycles. The Labute approximate surface area is 152 Å². The summed E-state index contributed by atoms with van der Waals surface area (Å²) in [5.74, 6) is 1.97. The van der Waals surface area contributed by atoms with Crippen LogP contribution in [-0.2, 0) is 4.74 Å². The topological polar surface area (TPSA) is 36.9 Å². The molecule has 4 nitrogen and oxygen atoms in total. The predicted molar refractivity (Wildman–Crippen MR) is 96.0 cm³/mol. The summed E-state index contributed by atoms with van der Waals surface area (Å²) in [6.45, 7) is 3.69. The van der Waals surface area contributed by atoms with Crippen molar-refractivity contribution in [2.75, 3.05) is 33.5 Å². The highest BCUT2D eigenvalue weighted by Gasteiger charge is 2.04. The molecular weight excluding hydrogens is 351 g/mol. The van der Waals surface area contributed by atoms with Crippen LogP contribution in [0.25, 0.3) is 0 Å². The zero-order valence-electron chi connectivity index (χ0n) is 13.7. The van der Waals surface area contributed by atoms with E-state index in [4.69, 9.17) is 42.1 Å². The lowest BCUT2D eigenvalue weighted by Gasteiger charge is -2.12. The van der Waals surface area contributed by atoms with E-state index in [0.29, 0.717) is 53.7 Å². The van der Waals surface area contributed by atoms with Crippen LogP contribution in [0.3, 0.4) is 0 Å². The van der Waals surface area contributed by atoms with E-state index in [0.717, 1.165) is 5.56 Å². The van der Waals surface area contributed by atoms with Crippen molar-refractivity contribution in [3.05, 3.63) is 52.0 Å². The summed E-state index contributed by atoms with van der Waals surface area (Å²) < 4.78 is 21.9. The number of methoxy groups -OCH3 is 1. The molecule has 2 aromatic rings. The number of hydrogen-bond acceptors (Lipinski definition) is 4. The first-order chi connectivity index (χ1) is 11.6. The highest BCUT2D eigenvalue weighted by atomic mass is 35.5. The molecule has 0 fully saturated rings. The van der Waals surface area contributed by atoms with Crippen molar-refractivity contribution < 1.29 is 18.9 Å². The van der Waals surface area contributed by atoms with Gasteiger partial charge in [-0.05, 0) is 36.8 Å². The molecule has 2 aromatic carbocycles. The Morgan fingerprint density at radius 1 is 0.792 bits per heavy atom. The summed E-state index contributed by atoms with van der Waals surface area (Å²) in [7, 11) is 1.62. The van der Waals surface area contributed by atoms with Crippen LogP contribution in [0.4, 0.5) is 0 Å². The molecule has 0 heterocycles. The Morgan fingerprint density at radius 2 is 1.50 bits per heavy atom. The lowest BCUT2D eigenvalue weighted by molar-refractivity contribution is 0.0757. The van der Waals surface area contributed by atoms with E-state index in [2.05, 4.69) is 0 Å². The summed E-state index contributed by atoms with van der Waals surface area (Å²) >= 11 is 11.9. The van der Waals surface area contributed by atoms with Gasteiger partial charge >= 0.3 is 0 Å². The van der Waals surface area contributed by atoms with E-state index in [1.165, 1.54) is 0 Å². The minimum absolute atomic E-state index is 0.383. The Morgan fingerprint density at radius 3 is 2.21 bits per heavy atom. The Balaban J connectivity index is 1.64. The molecule has 0 aliphatic rings. The maximum atomic E-state index is 6.01. The third kappa shape index (κ3) is 5.78. The van der Waals surface area contributed by atoms with Crippen molar-refractivity contribution in [2.45, 2.75) is 6.92 Å². The van der Waals surface area contributed by atoms with Gasteiger partial charge in [0, 0.05) is 11.1 Å². The lowest BCUT2D eigenvalue weighted by Crippen LogP contribution is -2.12. The van der Waals surface area contributed by atoms with Gasteiger partial charge in [0.1, 0.15) is 19.0 Å². The number of benzene rings is 2. The normalized spacial score (nSPS) is 10.5. The number of rotatable bonds is 9. The molecule has 0 unspecified atom stereocenters. The average Bonchev–Trinajstić information content (AvgIpc) is 2.58. The summed E-state index contributed by atoms with van der Waals surface area (Å²) in [6, 6.07) is 10.9. The molecule has 0 atom stereocenters. The third-order valence-electron chi connectivity index (χ3n) is 3.18. The van der Waals surface area contributed by atoms with Gasteiger partial charge in [0.2, 0.25) is 0 Å². The first-order valence-corrected chi connectivity index (χ1v) is 8.29. The second-order valence-corrected chi connectivity index (χ2v) is 5.88. The summed E-state index contributed by atoms with van der Waals surface area (Å²) in [5.41, 5.74) is 1.12. The molecule has 0 spiro atoms. The van der Waals surface area contributed by atoms with E-state index in [1.807, 2.05) is 25.1 Å². The van der Waals surface area contributed by atoms with E-state index < -0.39 is 0 Å². The van der Waals surface area contributed by atoms with Crippen LogP contribution >= 0.6 is 23.2 Å². The Bertz CT molecular complexity index is 661. The van der Waals surface area contributed by atoms with Crippen LogP contribution < -0.4 is 14.2 Å². The van der Waals surface area contributed by atoms with Gasteiger partial charge in [0.25, 0.3) is 0 Å². The number of halogens is 2. The smallest absolute Gasteiger partial charge is 0.161 e. The van der Waals surface area contributed by atoms with E-state index in [1.54, 1.807) is 25.3 Å². The highest BCUT2D eigenvalue weighted by molar-refractivity contribution is 6.34. The highest BCUT2D eigenvalue weighted by Crippen LogP contribution is 2.28. The minimum Gasteiger partial charge on any atom is -0.493 e. The van der Waals surface area contributed by atoms with Gasteiger partial charge in [0.15, 0.2) is 11.5 Å². The van der Waals surface area contributed by atoms with E-state index in [9.17, 15) is 0 Å². The summed E-state index contributed by atoms with van der Waals surface area (Å²) in [6.07, 6.45) is 0. The zero-order valence-corrected chi connectivity index (χ0v) is 15.2. The zero-order chi connectivity index (χ0) is 17.4. The molecule has 0 aliphatic heterocycles. The SMILES string of the molecule is COc1cc(C)ccc1OCCOCCOc1cc(Cl)ccc1Cl. The second kappa shape index (κ2) is 9.62. The van der Waals surface area contributed by atoms with Crippen LogP contribution in [0.1, 0.15) is 5.56 Å². The molecular formula is C18H20Cl2O4. The fraction of sp³-hybridized carbons (Fsp3) is 0.333. The number of hydrogen-bond donors (Lipinski definition) is 0. The summed E-state index contributed by atoms with van der Waals surface area (Å²) in [4.78, 5) is 0. The molecule has 0 radical (unpaired) electrons. The largest absolute Gasteiger partial charge is 0.493 e. The fourth-order valence-electron chi connectivity index (χ4n) is 2.01. The van der Waals surface area contributed by atoms with Crippen molar-refractivity contribution >= 4 is 23.2 Å². The summed E-state index contributed by atoms with van der Waals surface area (Å²) in [5, 5.41) is 1.10. The second-order valence-electron chi connectivity index (χ2n) is 5.04. The molecule has 0 N–H and O–H groups in total. The standard InChI is InChI=1S/C18H20Cl2O4/c1-13-3-6-16(18(11-13)21-2)23-9-7-22-8-10-24-17-12-14(19)4-5-15(17)20/h3-6,11-12H,7-10H2,1-2H3. The molecule has 0 aliphatic carbocycles. The van der Waals surface area contributed by atoms with Crippen LogP contribution in [-0.4, -0.2) is 33.5 Å². The van der Waals surface area contributed by atoms with Crippen LogP contribution in [0, 0.1) is 6.92 Å². The van der Waals surface area contributed by atoms with Gasteiger partial charge in [-0.15, -0.1) is 0 Å². The maximum Gasteiger partial charge on any atom is 0.161 e. The van der Waals surface area contributed by atoms with Crippen LogP contribution in [0.5, 0.6) is 17.2 Å². The van der Waals surface area contributed by atoms with Gasteiger partial charge in [-0.25, -0.2) is 0 Å². The van der Waals surface area contributed by atoms with Gasteiger partial charge in [-0.1, -0.05) is 29.3 Å². The molecule has 24 heavy (non-hydrogen) atoms. The van der Waals surface area contributed by atoms with Gasteiger partial charge in [0.05, 0.1) is 25.3 Å².